The zero-order chi connectivity index (χ0) is 13.0. The topological polar surface area (TPSA) is 15.3 Å². The molecule has 2 nitrogen and oxygen atoms in total. The Morgan fingerprint density at radius 3 is 2.67 bits per heavy atom. The van der Waals surface area contributed by atoms with Crippen molar-refractivity contribution in [2.45, 2.75) is 51.6 Å². The first kappa shape index (κ1) is 14.7. The van der Waals surface area contributed by atoms with Crippen LogP contribution in [0.4, 0.5) is 0 Å². The number of nitrogens with zero attached hydrogens (tertiary/aromatic N) is 1. The maximum Gasteiger partial charge on any atom is 0.0244 e. The van der Waals surface area contributed by atoms with Gasteiger partial charge >= 0.3 is 0 Å². The molecule has 1 N–H and O–H groups in total. The Balaban J connectivity index is 1.79. The molecule has 0 aromatic heterocycles. The van der Waals surface area contributed by atoms with Gasteiger partial charge in [-0.05, 0) is 56.1 Å². The molecule has 1 heterocycles. The van der Waals surface area contributed by atoms with E-state index in [2.05, 4.69) is 30.3 Å². The smallest absolute Gasteiger partial charge is 0.0244 e. The van der Waals surface area contributed by atoms with Crippen molar-refractivity contribution in [3.05, 3.63) is 0 Å². The fraction of sp³-hybridized carbons (Fsp3) is 1.00. The summed E-state index contributed by atoms with van der Waals surface area (Å²) in [6, 6.07) is 1.55. The van der Waals surface area contributed by atoms with Crippen LogP contribution in [0.3, 0.4) is 0 Å². The summed E-state index contributed by atoms with van der Waals surface area (Å²) in [5.41, 5.74) is 0. The SMILES string of the molecule is CSCCCCN1CC(C2CC2)NCC1C(C)C. The van der Waals surface area contributed by atoms with E-state index in [4.69, 9.17) is 0 Å². The van der Waals surface area contributed by atoms with E-state index in [0.717, 1.165) is 23.9 Å². The lowest BCUT2D eigenvalue weighted by molar-refractivity contribution is 0.0910. The molecule has 18 heavy (non-hydrogen) atoms. The summed E-state index contributed by atoms with van der Waals surface area (Å²) in [6.07, 6.45) is 7.89. The molecule has 0 radical (unpaired) electrons. The zero-order valence-electron chi connectivity index (χ0n) is 12.3. The average molecular weight is 270 g/mol. The molecule has 1 aliphatic carbocycles. The quantitative estimate of drug-likeness (QED) is 0.716. The van der Waals surface area contributed by atoms with E-state index in [0.29, 0.717) is 0 Å². The first-order chi connectivity index (χ1) is 8.72. The fourth-order valence-electron chi connectivity index (χ4n) is 3.14. The minimum atomic E-state index is 0.759. The standard InChI is InChI=1S/C15H30N2S/c1-12(2)15-10-16-14(13-6-7-13)11-17(15)8-4-5-9-18-3/h12-16H,4-11H2,1-3H3. The number of thioether (sulfide) groups is 1. The molecule has 2 unspecified atom stereocenters. The summed E-state index contributed by atoms with van der Waals surface area (Å²) in [4.78, 5) is 2.78. The van der Waals surface area contributed by atoms with Gasteiger partial charge in [0, 0.05) is 25.2 Å². The van der Waals surface area contributed by atoms with Crippen LogP contribution in [0.5, 0.6) is 0 Å². The van der Waals surface area contributed by atoms with E-state index in [1.165, 1.54) is 51.1 Å². The van der Waals surface area contributed by atoms with Crippen molar-refractivity contribution in [3.63, 3.8) is 0 Å². The van der Waals surface area contributed by atoms with Gasteiger partial charge < -0.3 is 5.32 Å². The van der Waals surface area contributed by atoms with Crippen LogP contribution in [-0.4, -0.2) is 48.6 Å². The number of hydrogen-bond acceptors (Lipinski definition) is 3. The summed E-state index contributed by atoms with van der Waals surface area (Å²) in [5, 5.41) is 3.80. The molecule has 1 aliphatic heterocycles. The lowest BCUT2D eigenvalue weighted by atomic mass is 9.96. The summed E-state index contributed by atoms with van der Waals surface area (Å²) in [5.74, 6) is 3.09. The van der Waals surface area contributed by atoms with E-state index in [1.807, 2.05) is 11.8 Å². The summed E-state index contributed by atoms with van der Waals surface area (Å²) in [7, 11) is 0. The number of hydrogen-bond donors (Lipinski definition) is 1. The van der Waals surface area contributed by atoms with Gasteiger partial charge in [0.25, 0.3) is 0 Å². The Hall–Kier alpha value is 0.270. The maximum absolute atomic E-state index is 3.80. The van der Waals surface area contributed by atoms with Crippen molar-refractivity contribution in [1.82, 2.24) is 10.2 Å². The molecular weight excluding hydrogens is 240 g/mol. The molecule has 2 atom stereocenters. The summed E-state index contributed by atoms with van der Waals surface area (Å²) >= 11 is 1.98. The van der Waals surface area contributed by atoms with E-state index < -0.39 is 0 Å². The Bertz CT molecular complexity index is 241. The second kappa shape index (κ2) is 7.16. The van der Waals surface area contributed by atoms with Crippen molar-refractivity contribution in [2.75, 3.05) is 31.6 Å². The number of rotatable bonds is 7. The molecule has 0 aromatic carbocycles. The number of nitrogens with one attached hydrogen (secondary N) is 1. The first-order valence-corrected chi connectivity index (χ1v) is 9.08. The molecule has 2 fully saturated rings. The van der Waals surface area contributed by atoms with Gasteiger partial charge in [-0.3, -0.25) is 4.90 Å². The van der Waals surface area contributed by atoms with Crippen LogP contribution in [0, 0.1) is 11.8 Å². The third kappa shape index (κ3) is 4.14. The molecule has 0 spiro atoms. The monoisotopic (exact) mass is 270 g/mol. The van der Waals surface area contributed by atoms with Crippen LogP contribution in [0.2, 0.25) is 0 Å². The van der Waals surface area contributed by atoms with Gasteiger partial charge in [-0.15, -0.1) is 0 Å². The highest BCUT2D eigenvalue weighted by molar-refractivity contribution is 7.98. The van der Waals surface area contributed by atoms with Gasteiger partial charge in [0.2, 0.25) is 0 Å². The predicted molar refractivity (Wildman–Crippen MR) is 82.3 cm³/mol. The van der Waals surface area contributed by atoms with E-state index in [9.17, 15) is 0 Å². The van der Waals surface area contributed by atoms with Crippen molar-refractivity contribution < 1.29 is 0 Å². The minimum absolute atomic E-state index is 0.759. The first-order valence-electron chi connectivity index (χ1n) is 7.68. The number of unbranched alkanes of at least 4 members (excludes halogenated alkanes) is 1. The van der Waals surface area contributed by atoms with Gasteiger partial charge in [0.15, 0.2) is 0 Å². The maximum atomic E-state index is 3.80. The second-order valence-corrected chi connectivity index (χ2v) is 7.34. The zero-order valence-corrected chi connectivity index (χ0v) is 13.1. The molecule has 2 aliphatic rings. The molecule has 1 saturated heterocycles. The van der Waals surface area contributed by atoms with Gasteiger partial charge in [-0.2, -0.15) is 11.8 Å². The Morgan fingerprint density at radius 1 is 1.28 bits per heavy atom. The van der Waals surface area contributed by atoms with Crippen molar-refractivity contribution in [2.24, 2.45) is 11.8 Å². The normalized spacial score (nSPS) is 30.0. The predicted octanol–water partition coefficient (Wildman–Crippen LogP) is 2.84. The molecule has 1 saturated carbocycles. The largest absolute Gasteiger partial charge is 0.311 e. The van der Waals surface area contributed by atoms with Crippen LogP contribution in [0.15, 0.2) is 0 Å². The Kier molecular flexibility index (Phi) is 5.84. The third-order valence-corrected chi connectivity index (χ3v) is 5.19. The van der Waals surface area contributed by atoms with Crippen LogP contribution < -0.4 is 5.32 Å². The van der Waals surface area contributed by atoms with E-state index >= 15 is 0 Å². The molecule has 0 aromatic rings. The Labute approximate surface area is 117 Å². The molecule has 3 heteroatoms. The highest BCUT2D eigenvalue weighted by Gasteiger charge is 2.37. The Morgan fingerprint density at radius 2 is 2.06 bits per heavy atom. The van der Waals surface area contributed by atoms with Gasteiger partial charge in [0.05, 0.1) is 0 Å². The second-order valence-electron chi connectivity index (χ2n) is 6.36. The van der Waals surface area contributed by atoms with Crippen molar-refractivity contribution >= 4 is 11.8 Å². The summed E-state index contributed by atoms with van der Waals surface area (Å²) < 4.78 is 0. The van der Waals surface area contributed by atoms with Gasteiger partial charge in [0.1, 0.15) is 0 Å². The molecular formula is C15H30N2S. The van der Waals surface area contributed by atoms with Crippen LogP contribution in [0.1, 0.15) is 39.5 Å². The summed E-state index contributed by atoms with van der Waals surface area (Å²) in [6.45, 7) is 8.57. The lowest BCUT2D eigenvalue weighted by Crippen LogP contribution is -2.59. The fourth-order valence-corrected chi connectivity index (χ4v) is 3.64. The van der Waals surface area contributed by atoms with Gasteiger partial charge in [-0.25, -0.2) is 0 Å². The van der Waals surface area contributed by atoms with Gasteiger partial charge in [-0.1, -0.05) is 13.8 Å². The van der Waals surface area contributed by atoms with Crippen molar-refractivity contribution in [3.8, 4) is 0 Å². The third-order valence-electron chi connectivity index (χ3n) is 4.49. The van der Waals surface area contributed by atoms with Crippen molar-refractivity contribution in [1.29, 1.82) is 0 Å². The highest BCUT2D eigenvalue weighted by atomic mass is 32.2. The van der Waals surface area contributed by atoms with E-state index in [-0.39, 0.29) is 0 Å². The van der Waals surface area contributed by atoms with Crippen LogP contribution in [0.25, 0.3) is 0 Å². The highest BCUT2D eigenvalue weighted by Crippen LogP contribution is 2.34. The molecule has 0 amide bonds. The minimum Gasteiger partial charge on any atom is -0.311 e. The molecule has 106 valence electrons. The molecule has 0 bridgehead atoms. The van der Waals surface area contributed by atoms with Crippen LogP contribution in [-0.2, 0) is 0 Å². The van der Waals surface area contributed by atoms with E-state index in [1.54, 1.807) is 0 Å². The molecule has 2 rings (SSSR count). The number of piperazine rings is 1. The lowest BCUT2D eigenvalue weighted by Gasteiger charge is -2.42. The average Bonchev–Trinajstić information content (AvgIpc) is 3.18. The van der Waals surface area contributed by atoms with Crippen LogP contribution >= 0.6 is 11.8 Å².